The zero-order chi connectivity index (χ0) is 23.7. The molecule has 3 aliphatic rings. The minimum Gasteiger partial charge on any atom is -0.392 e. The van der Waals surface area contributed by atoms with Gasteiger partial charge in [-0.2, -0.15) is 13.2 Å². The van der Waals surface area contributed by atoms with Crippen LogP contribution < -0.4 is 0 Å². The fourth-order valence-corrected chi connectivity index (χ4v) is 10.0. The van der Waals surface area contributed by atoms with Gasteiger partial charge in [0, 0.05) is 12.5 Å². The number of unbranched alkanes of at least 4 members (excludes halogenated alkanes) is 1. The molecule has 3 rings (SSSR count). The van der Waals surface area contributed by atoms with Gasteiger partial charge in [0.25, 0.3) is 0 Å². The number of alkyl halides is 3. The average molecular weight is 483 g/mol. The molecule has 2 aliphatic carbocycles. The first-order chi connectivity index (χ1) is 15.0. The van der Waals surface area contributed by atoms with E-state index in [9.17, 15) is 26.7 Å². The Hall–Kier alpha value is -0.340. The van der Waals surface area contributed by atoms with E-state index >= 15 is 0 Å². The van der Waals surface area contributed by atoms with Gasteiger partial charge in [-0.25, -0.2) is 8.42 Å². The van der Waals surface area contributed by atoms with Crippen LogP contribution in [0.3, 0.4) is 0 Å². The number of halogens is 3. The number of aliphatic hydroxyl groups is 1. The lowest BCUT2D eigenvalue weighted by Gasteiger charge is -2.47. The van der Waals surface area contributed by atoms with E-state index in [2.05, 4.69) is 0 Å². The number of ether oxygens (including phenoxy) is 1. The third kappa shape index (κ3) is 5.17. The van der Waals surface area contributed by atoms with Gasteiger partial charge in [0.15, 0.2) is 9.84 Å². The number of sulfone groups is 1. The van der Waals surface area contributed by atoms with Crippen LogP contribution in [0, 0.1) is 29.1 Å². The van der Waals surface area contributed by atoms with Crippen molar-refractivity contribution >= 4 is 9.84 Å². The molecule has 8 atom stereocenters. The van der Waals surface area contributed by atoms with Crippen molar-refractivity contribution < 1.29 is 31.4 Å². The molecule has 1 aliphatic heterocycles. The molecule has 1 heterocycles. The normalized spacial score (nSPS) is 42.8. The lowest BCUT2D eigenvalue weighted by atomic mass is 9.60. The molecular formula is C24H41F3O4S. The second-order valence-electron chi connectivity index (χ2n) is 10.7. The number of hydrogen-bond acceptors (Lipinski definition) is 4. The van der Waals surface area contributed by atoms with Crippen molar-refractivity contribution in [2.45, 2.75) is 108 Å². The maximum atomic E-state index is 13.6. The Morgan fingerprint density at radius 3 is 2.41 bits per heavy atom. The molecule has 0 amide bonds. The van der Waals surface area contributed by atoms with Crippen LogP contribution in [0.1, 0.15) is 84.5 Å². The summed E-state index contributed by atoms with van der Waals surface area (Å²) < 4.78 is 73.8. The van der Waals surface area contributed by atoms with Crippen LogP contribution in [-0.2, 0) is 14.6 Å². The van der Waals surface area contributed by atoms with E-state index in [4.69, 9.17) is 4.74 Å². The molecule has 188 valence electrons. The highest BCUT2D eigenvalue weighted by Crippen LogP contribution is 2.54. The molecular weight excluding hydrogens is 441 g/mol. The van der Waals surface area contributed by atoms with Gasteiger partial charge in [0.1, 0.15) is 0 Å². The van der Waals surface area contributed by atoms with Gasteiger partial charge in [-0.05, 0) is 62.7 Å². The maximum absolute atomic E-state index is 13.6. The first kappa shape index (κ1) is 26.3. The molecule has 8 heteroatoms. The lowest BCUT2D eigenvalue weighted by molar-refractivity contribution is -0.191. The molecule has 0 aromatic carbocycles. The van der Waals surface area contributed by atoms with Crippen LogP contribution in [0.15, 0.2) is 0 Å². The summed E-state index contributed by atoms with van der Waals surface area (Å²) in [4.78, 5) is 0. The van der Waals surface area contributed by atoms with Crippen LogP contribution in [-0.4, -0.2) is 50.0 Å². The Morgan fingerprint density at radius 2 is 1.81 bits per heavy atom. The quantitative estimate of drug-likeness (QED) is 0.541. The number of hydrogen-bond donors (Lipinski definition) is 1. The van der Waals surface area contributed by atoms with E-state index in [-0.39, 0.29) is 36.5 Å². The molecule has 0 aromatic heterocycles. The largest absolute Gasteiger partial charge is 0.392 e. The van der Waals surface area contributed by atoms with Gasteiger partial charge >= 0.3 is 6.18 Å². The van der Waals surface area contributed by atoms with Crippen molar-refractivity contribution in [1.82, 2.24) is 0 Å². The van der Waals surface area contributed by atoms with Crippen molar-refractivity contribution in [3.8, 4) is 0 Å². The second kappa shape index (κ2) is 10.1. The Kier molecular flexibility index (Phi) is 8.30. The molecule has 0 spiro atoms. The summed E-state index contributed by atoms with van der Waals surface area (Å²) in [6, 6.07) is 0. The SMILES string of the molecule is CCCC[C@]1(CC)CS(=O)(=O)C2CCC(OC)CC2[C@H](C2CCCC(C(F)(F)F)C2)C1O. The van der Waals surface area contributed by atoms with Crippen molar-refractivity contribution in [3.05, 3.63) is 0 Å². The summed E-state index contributed by atoms with van der Waals surface area (Å²) in [7, 11) is -1.88. The summed E-state index contributed by atoms with van der Waals surface area (Å²) in [5, 5.41) is 11.3. The number of rotatable bonds is 6. The minimum atomic E-state index is -4.24. The summed E-state index contributed by atoms with van der Waals surface area (Å²) >= 11 is 0. The van der Waals surface area contributed by atoms with Gasteiger partial charge in [-0.1, -0.05) is 39.5 Å². The van der Waals surface area contributed by atoms with E-state index in [1.165, 1.54) is 0 Å². The lowest BCUT2D eigenvalue weighted by Crippen LogP contribution is -2.49. The van der Waals surface area contributed by atoms with E-state index < -0.39 is 44.6 Å². The van der Waals surface area contributed by atoms with Crippen molar-refractivity contribution in [1.29, 1.82) is 0 Å². The smallest absolute Gasteiger partial charge is 0.391 e. The molecule has 1 saturated heterocycles. The van der Waals surface area contributed by atoms with Crippen LogP contribution in [0.2, 0.25) is 0 Å². The Labute approximate surface area is 191 Å². The zero-order valence-electron chi connectivity index (χ0n) is 19.7. The van der Waals surface area contributed by atoms with E-state index in [0.29, 0.717) is 44.9 Å². The van der Waals surface area contributed by atoms with Gasteiger partial charge in [0.05, 0.1) is 29.1 Å². The molecule has 6 unspecified atom stereocenters. The first-order valence-electron chi connectivity index (χ1n) is 12.5. The van der Waals surface area contributed by atoms with Crippen molar-refractivity contribution in [2.75, 3.05) is 12.9 Å². The van der Waals surface area contributed by atoms with Gasteiger partial charge in [-0.15, -0.1) is 0 Å². The van der Waals surface area contributed by atoms with Crippen molar-refractivity contribution in [2.24, 2.45) is 29.1 Å². The standard InChI is InChI=1S/C24H41F3O4S/c1-4-6-12-23(5-2)15-32(29,30)20-11-10-18(31-3)14-19(20)21(22(23)28)16-8-7-9-17(13-16)24(25,26)27/h16-22,28H,4-15H2,1-3H3/t16?,17?,18?,19?,20?,21-,22?,23+/m0/s1. The summed E-state index contributed by atoms with van der Waals surface area (Å²) in [5.41, 5.74) is -0.787. The van der Waals surface area contributed by atoms with Gasteiger partial charge in [0.2, 0.25) is 0 Å². The molecule has 3 fully saturated rings. The number of aliphatic hydroxyl groups excluding tert-OH is 1. The number of methoxy groups -OCH3 is 1. The summed E-state index contributed by atoms with van der Waals surface area (Å²) in [6.45, 7) is 3.97. The van der Waals surface area contributed by atoms with Crippen molar-refractivity contribution in [3.63, 3.8) is 0 Å². The second-order valence-corrected chi connectivity index (χ2v) is 12.9. The van der Waals surface area contributed by atoms with Crippen LogP contribution in [0.4, 0.5) is 13.2 Å². The Bertz CT molecular complexity index is 725. The van der Waals surface area contributed by atoms with E-state index in [1.54, 1.807) is 7.11 Å². The van der Waals surface area contributed by atoms with Gasteiger partial charge < -0.3 is 9.84 Å². The van der Waals surface area contributed by atoms with E-state index in [0.717, 1.165) is 12.8 Å². The fraction of sp³-hybridized carbons (Fsp3) is 1.00. The summed E-state index contributed by atoms with van der Waals surface area (Å²) in [6.07, 6.45) is 0.402. The third-order valence-electron chi connectivity index (χ3n) is 9.01. The van der Waals surface area contributed by atoms with Crippen LogP contribution in [0.5, 0.6) is 0 Å². The molecule has 32 heavy (non-hydrogen) atoms. The van der Waals surface area contributed by atoms with Crippen LogP contribution in [0.25, 0.3) is 0 Å². The first-order valence-corrected chi connectivity index (χ1v) is 14.2. The molecule has 0 radical (unpaired) electrons. The highest BCUT2D eigenvalue weighted by Gasteiger charge is 2.57. The predicted molar refractivity (Wildman–Crippen MR) is 119 cm³/mol. The topological polar surface area (TPSA) is 63.6 Å². The molecule has 0 bridgehead atoms. The Morgan fingerprint density at radius 1 is 1.09 bits per heavy atom. The average Bonchev–Trinajstić information content (AvgIpc) is 2.82. The van der Waals surface area contributed by atoms with Gasteiger partial charge in [-0.3, -0.25) is 0 Å². The third-order valence-corrected chi connectivity index (χ3v) is 11.5. The highest BCUT2D eigenvalue weighted by molar-refractivity contribution is 7.92. The molecule has 4 nitrogen and oxygen atoms in total. The number of fused-ring (bicyclic) bond motifs is 1. The summed E-state index contributed by atoms with van der Waals surface area (Å²) in [5.74, 6) is -2.50. The molecule has 2 saturated carbocycles. The van der Waals surface area contributed by atoms with Crippen LogP contribution >= 0.6 is 0 Å². The zero-order valence-corrected chi connectivity index (χ0v) is 20.6. The Balaban J connectivity index is 2.06. The fourth-order valence-electron chi connectivity index (χ4n) is 7.16. The molecule has 0 aromatic rings. The maximum Gasteiger partial charge on any atom is 0.391 e. The monoisotopic (exact) mass is 482 g/mol. The van der Waals surface area contributed by atoms with E-state index in [1.807, 2.05) is 13.8 Å². The minimum absolute atomic E-state index is 0.000283. The molecule has 1 N–H and O–H groups in total. The highest BCUT2D eigenvalue weighted by atomic mass is 32.2. The predicted octanol–water partition coefficient (Wildman–Crippen LogP) is 5.53.